The maximum absolute atomic E-state index is 13.6. The highest BCUT2D eigenvalue weighted by Crippen LogP contribution is 2.30. The molecule has 0 bridgehead atoms. The summed E-state index contributed by atoms with van der Waals surface area (Å²) in [6.45, 7) is 1.52. The monoisotopic (exact) mass is 296 g/mol. The fourth-order valence-corrected chi connectivity index (χ4v) is 1.56. The van der Waals surface area contributed by atoms with Gasteiger partial charge in [0, 0.05) is 6.07 Å². The van der Waals surface area contributed by atoms with E-state index in [2.05, 4.69) is 4.98 Å². The number of ether oxygens (including phenoxy) is 1. The summed E-state index contributed by atoms with van der Waals surface area (Å²) in [5.74, 6) is -2.66. The number of nitro groups is 1. The zero-order valence-electron chi connectivity index (χ0n) is 10.8. The van der Waals surface area contributed by atoms with E-state index in [1.807, 2.05) is 0 Å². The minimum absolute atomic E-state index is 0.103. The summed E-state index contributed by atoms with van der Waals surface area (Å²) in [5, 5.41) is 19.8. The molecular formula is C13H10F2N2O4. The van der Waals surface area contributed by atoms with Crippen LogP contribution in [0.3, 0.4) is 0 Å². The van der Waals surface area contributed by atoms with Crippen molar-refractivity contribution in [3.63, 3.8) is 0 Å². The number of halogens is 2. The summed E-state index contributed by atoms with van der Waals surface area (Å²) < 4.78 is 32.1. The molecule has 0 aliphatic rings. The molecule has 2 aromatic rings. The summed E-state index contributed by atoms with van der Waals surface area (Å²) in [6, 6.07) is 3.91. The number of rotatable bonds is 4. The molecule has 0 saturated carbocycles. The number of nitrogens with zero attached hydrogens (tertiary/aromatic N) is 2. The smallest absolute Gasteiger partial charge is 0.307 e. The maximum atomic E-state index is 13.6. The van der Waals surface area contributed by atoms with E-state index in [4.69, 9.17) is 4.74 Å². The lowest BCUT2D eigenvalue weighted by Gasteiger charge is -2.08. The predicted octanol–water partition coefficient (Wildman–Crippen LogP) is 3.11. The van der Waals surface area contributed by atoms with Crippen LogP contribution in [0.25, 0.3) is 0 Å². The van der Waals surface area contributed by atoms with E-state index in [-0.39, 0.29) is 5.75 Å². The number of hydrogen-bond acceptors (Lipinski definition) is 5. The molecule has 0 spiro atoms. The van der Waals surface area contributed by atoms with Crippen LogP contribution in [-0.2, 0) is 0 Å². The van der Waals surface area contributed by atoms with Gasteiger partial charge in [0.15, 0.2) is 11.6 Å². The second-order valence-corrected chi connectivity index (χ2v) is 4.19. The van der Waals surface area contributed by atoms with Gasteiger partial charge >= 0.3 is 5.69 Å². The number of aromatic nitrogens is 1. The van der Waals surface area contributed by atoms with E-state index >= 15 is 0 Å². The Hall–Kier alpha value is -2.61. The van der Waals surface area contributed by atoms with Gasteiger partial charge < -0.3 is 9.84 Å². The first-order valence-corrected chi connectivity index (χ1v) is 5.84. The molecule has 2 rings (SSSR count). The minimum atomic E-state index is -1.20. The van der Waals surface area contributed by atoms with Crippen molar-refractivity contribution in [3.8, 4) is 11.5 Å². The number of aliphatic hydroxyl groups is 1. The van der Waals surface area contributed by atoms with E-state index in [0.717, 1.165) is 0 Å². The van der Waals surface area contributed by atoms with E-state index in [9.17, 15) is 24.0 Å². The third kappa shape index (κ3) is 3.29. The highest BCUT2D eigenvalue weighted by Gasteiger charge is 2.19. The van der Waals surface area contributed by atoms with Crippen molar-refractivity contribution in [1.29, 1.82) is 0 Å². The Labute approximate surface area is 117 Å². The van der Waals surface area contributed by atoms with Crippen molar-refractivity contribution in [3.05, 3.63) is 57.9 Å². The van der Waals surface area contributed by atoms with Crippen molar-refractivity contribution in [2.45, 2.75) is 13.0 Å². The Kier molecular flexibility index (Phi) is 4.08. The van der Waals surface area contributed by atoms with Crippen LogP contribution < -0.4 is 4.74 Å². The Morgan fingerprint density at radius 3 is 2.57 bits per heavy atom. The van der Waals surface area contributed by atoms with Crippen LogP contribution >= 0.6 is 0 Å². The van der Waals surface area contributed by atoms with E-state index in [0.29, 0.717) is 17.8 Å². The summed E-state index contributed by atoms with van der Waals surface area (Å²) in [6.07, 6.45) is 0.452. The fourth-order valence-electron chi connectivity index (χ4n) is 1.56. The SMILES string of the molecule is C[C@H](O)c1ccc(Oc2cc(F)c([N+](=O)[O-])cc2F)cn1. The highest BCUT2D eigenvalue weighted by molar-refractivity contribution is 5.41. The predicted molar refractivity (Wildman–Crippen MR) is 68.0 cm³/mol. The second kappa shape index (κ2) is 5.80. The zero-order valence-corrected chi connectivity index (χ0v) is 10.8. The Morgan fingerprint density at radius 2 is 2.05 bits per heavy atom. The lowest BCUT2D eigenvalue weighted by molar-refractivity contribution is -0.387. The number of aliphatic hydroxyl groups excluding tert-OH is 1. The van der Waals surface area contributed by atoms with Crippen LogP contribution in [0.1, 0.15) is 18.7 Å². The van der Waals surface area contributed by atoms with Gasteiger partial charge in [0.1, 0.15) is 5.75 Å². The van der Waals surface area contributed by atoms with E-state index < -0.39 is 34.1 Å². The molecule has 0 amide bonds. The Balaban J connectivity index is 2.27. The van der Waals surface area contributed by atoms with Crippen molar-refractivity contribution >= 4 is 5.69 Å². The van der Waals surface area contributed by atoms with Gasteiger partial charge in [-0.15, -0.1) is 0 Å². The molecule has 0 aliphatic carbocycles. The largest absolute Gasteiger partial charge is 0.453 e. The molecule has 0 fully saturated rings. The molecule has 1 aromatic carbocycles. The molecular weight excluding hydrogens is 286 g/mol. The van der Waals surface area contributed by atoms with Gasteiger partial charge in [-0.3, -0.25) is 15.1 Å². The first kappa shape index (κ1) is 14.8. The number of benzene rings is 1. The quantitative estimate of drug-likeness (QED) is 0.692. The highest BCUT2D eigenvalue weighted by atomic mass is 19.1. The van der Waals surface area contributed by atoms with Crippen molar-refractivity contribution < 1.29 is 23.5 Å². The van der Waals surface area contributed by atoms with Crippen LogP contribution in [0, 0.1) is 21.7 Å². The van der Waals surface area contributed by atoms with Gasteiger partial charge in [-0.1, -0.05) is 0 Å². The first-order chi connectivity index (χ1) is 9.88. The molecule has 0 unspecified atom stereocenters. The lowest BCUT2D eigenvalue weighted by Crippen LogP contribution is -1.98. The number of nitro benzene ring substituents is 1. The number of hydrogen-bond donors (Lipinski definition) is 1. The van der Waals surface area contributed by atoms with Gasteiger partial charge in [0.2, 0.25) is 5.82 Å². The van der Waals surface area contributed by atoms with E-state index in [1.54, 1.807) is 0 Å². The van der Waals surface area contributed by atoms with Crippen LogP contribution in [0.4, 0.5) is 14.5 Å². The third-order valence-electron chi connectivity index (χ3n) is 2.61. The molecule has 1 aromatic heterocycles. The zero-order chi connectivity index (χ0) is 15.6. The molecule has 1 N–H and O–H groups in total. The summed E-state index contributed by atoms with van der Waals surface area (Å²) in [7, 11) is 0. The van der Waals surface area contributed by atoms with Crippen LogP contribution in [0.15, 0.2) is 30.5 Å². The normalized spacial score (nSPS) is 12.0. The molecule has 0 aliphatic heterocycles. The van der Waals surface area contributed by atoms with Crippen LogP contribution in [0.5, 0.6) is 11.5 Å². The van der Waals surface area contributed by atoms with Gasteiger partial charge in [-0.25, -0.2) is 4.39 Å². The molecule has 1 atom stereocenters. The molecule has 1 heterocycles. The van der Waals surface area contributed by atoms with Crippen molar-refractivity contribution in [2.75, 3.05) is 0 Å². The summed E-state index contributed by atoms with van der Waals surface area (Å²) >= 11 is 0. The lowest BCUT2D eigenvalue weighted by atomic mass is 10.2. The maximum Gasteiger partial charge on any atom is 0.307 e. The van der Waals surface area contributed by atoms with Gasteiger partial charge in [-0.2, -0.15) is 4.39 Å². The van der Waals surface area contributed by atoms with E-state index in [1.165, 1.54) is 25.3 Å². The summed E-state index contributed by atoms with van der Waals surface area (Å²) in [4.78, 5) is 13.3. The second-order valence-electron chi connectivity index (χ2n) is 4.19. The molecule has 8 heteroatoms. The topological polar surface area (TPSA) is 85.5 Å². The van der Waals surface area contributed by atoms with Crippen molar-refractivity contribution in [2.24, 2.45) is 0 Å². The van der Waals surface area contributed by atoms with Gasteiger partial charge in [0.25, 0.3) is 0 Å². The molecule has 6 nitrogen and oxygen atoms in total. The van der Waals surface area contributed by atoms with Crippen molar-refractivity contribution in [1.82, 2.24) is 4.98 Å². The molecule has 21 heavy (non-hydrogen) atoms. The van der Waals surface area contributed by atoms with Crippen LogP contribution in [0.2, 0.25) is 0 Å². The third-order valence-corrected chi connectivity index (χ3v) is 2.61. The molecule has 110 valence electrons. The van der Waals surface area contributed by atoms with Crippen LogP contribution in [-0.4, -0.2) is 15.0 Å². The Morgan fingerprint density at radius 1 is 1.33 bits per heavy atom. The fraction of sp³-hybridized carbons (Fsp3) is 0.154. The number of pyridine rings is 1. The first-order valence-electron chi connectivity index (χ1n) is 5.84. The molecule has 0 saturated heterocycles. The molecule has 0 radical (unpaired) electrons. The average molecular weight is 296 g/mol. The van der Waals surface area contributed by atoms with Gasteiger partial charge in [-0.05, 0) is 19.1 Å². The average Bonchev–Trinajstić information content (AvgIpc) is 2.42. The Bertz CT molecular complexity index is 675. The summed E-state index contributed by atoms with van der Waals surface area (Å²) in [5.41, 5.74) is -0.583. The van der Waals surface area contributed by atoms with Gasteiger partial charge in [0.05, 0.1) is 29.0 Å². The standard InChI is InChI=1S/C13H10F2N2O4/c1-7(18)11-3-2-8(6-16-11)21-13-5-9(14)12(17(19)20)4-10(13)15/h2-7,18H,1H3/t7-/m0/s1. The minimum Gasteiger partial charge on any atom is -0.453 e.